The molecule has 1 atom stereocenters. The molecule has 0 saturated heterocycles. The van der Waals surface area contributed by atoms with Gasteiger partial charge >= 0.3 is 0 Å². The molecule has 4 aromatic rings. The summed E-state index contributed by atoms with van der Waals surface area (Å²) in [6.45, 7) is 1.88. The van der Waals surface area contributed by atoms with Crippen molar-refractivity contribution in [3.8, 4) is 0 Å². The van der Waals surface area contributed by atoms with Crippen molar-refractivity contribution in [2.24, 2.45) is 0 Å². The van der Waals surface area contributed by atoms with Gasteiger partial charge in [-0.3, -0.25) is 24.7 Å². The number of halogens is 1. The summed E-state index contributed by atoms with van der Waals surface area (Å²) < 4.78 is 0. The van der Waals surface area contributed by atoms with Gasteiger partial charge in [0.1, 0.15) is 11.9 Å². The van der Waals surface area contributed by atoms with E-state index in [0.29, 0.717) is 33.4 Å². The molecular weight excluding hydrogens is 494 g/mol. The largest absolute Gasteiger partial charge is 0.323 e. The average molecular weight is 516 g/mol. The summed E-state index contributed by atoms with van der Waals surface area (Å²) >= 11 is 6.12. The van der Waals surface area contributed by atoms with E-state index in [4.69, 9.17) is 11.6 Å². The van der Waals surface area contributed by atoms with Crippen LogP contribution in [0, 0.1) is 6.92 Å². The van der Waals surface area contributed by atoms with E-state index in [1.807, 2.05) is 12.1 Å². The van der Waals surface area contributed by atoms with Crippen LogP contribution in [-0.2, 0) is 17.8 Å². The smallest absolute Gasteiger partial charge is 0.258 e. The highest BCUT2D eigenvalue weighted by Crippen LogP contribution is 2.28. The summed E-state index contributed by atoms with van der Waals surface area (Å²) in [5.74, 6) is -0.164. The first-order valence-corrected chi connectivity index (χ1v) is 11.9. The van der Waals surface area contributed by atoms with Crippen molar-refractivity contribution in [1.29, 1.82) is 0 Å². The minimum Gasteiger partial charge on any atom is -0.323 e. The number of nitrogens with zero attached hydrogens (tertiary/aromatic N) is 4. The Labute approximate surface area is 217 Å². The topological polar surface area (TPSA) is 133 Å². The molecule has 0 aliphatic carbocycles. The molecule has 10 nitrogen and oxygen atoms in total. The van der Waals surface area contributed by atoms with Gasteiger partial charge in [-0.05, 0) is 55.0 Å². The molecule has 1 aliphatic rings. The Balaban J connectivity index is 1.42. The quantitative estimate of drug-likeness (QED) is 0.359. The highest BCUT2D eigenvalue weighted by atomic mass is 35.5. The van der Waals surface area contributed by atoms with Crippen molar-refractivity contribution in [2.45, 2.75) is 25.9 Å². The molecule has 0 bridgehead atoms. The van der Waals surface area contributed by atoms with Crippen molar-refractivity contribution >= 4 is 41.0 Å². The van der Waals surface area contributed by atoms with Crippen molar-refractivity contribution in [3.63, 3.8) is 0 Å². The Kier molecular flexibility index (Phi) is 6.65. The zero-order chi connectivity index (χ0) is 25.9. The third-order valence-corrected chi connectivity index (χ3v) is 6.17. The maximum atomic E-state index is 13.7. The number of carbonyl (C=O) groups excluding carboxylic acids is 3. The van der Waals surface area contributed by atoms with E-state index in [2.05, 4.69) is 30.8 Å². The fraction of sp³-hybridized carbons (Fsp3) is 0.154. The average Bonchev–Trinajstić information content (AvgIpc) is 3.27. The molecule has 5 rings (SSSR count). The molecule has 37 heavy (non-hydrogen) atoms. The molecule has 2 aromatic carbocycles. The number of amides is 3. The van der Waals surface area contributed by atoms with E-state index < -0.39 is 6.04 Å². The zero-order valence-corrected chi connectivity index (χ0v) is 20.5. The molecule has 1 unspecified atom stereocenters. The summed E-state index contributed by atoms with van der Waals surface area (Å²) in [6.07, 6.45) is 1.88. The number of anilines is 2. The molecule has 3 N–H and O–H groups in total. The number of rotatable bonds is 6. The molecule has 0 fully saturated rings. The molecule has 0 saturated carbocycles. The van der Waals surface area contributed by atoms with Crippen molar-refractivity contribution in [2.75, 3.05) is 10.6 Å². The molecular formula is C26H22ClN7O3. The normalized spacial score (nSPS) is 15.1. The number of carbonyl (C=O) groups is 3. The SMILES string of the molecule is Cc1nnc(NC(=O)c2ccc(CN3C(=O)c4ccc(Cl)cc4NC(=O)C3Cc3ccccn3)cc2)[nH]1. The second-order valence-electron chi connectivity index (χ2n) is 8.56. The molecule has 0 radical (unpaired) electrons. The Hall–Kier alpha value is -4.57. The number of aromatic amines is 1. The number of fused-ring (bicyclic) bond motifs is 1. The third-order valence-electron chi connectivity index (χ3n) is 5.94. The number of nitrogens with one attached hydrogen (secondary N) is 3. The lowest BCUT2D eigenvalue weighted by molar-refractivity contribution is -0.120. The Morgan fingerprint density at radius 1 is 1.08 bits per heavy atom. The fourth-order valence-electron chi connectivity index (χ4n) is 4.10. The lowest BCUT2D eigenvalue weighted by Crippen LogP contribution is -2.46. The van der Waals surface area contributed by atoms with Gasteiger partial charge in [-0.25, -0.2) is 0 Å². The van der Waals surface area contributed by atoms with Crippen molar-refractivity contribution in [3.05, 3.63) is 100 Å². The van der Waals surface area contributed by atoms with Crippen LogP contribution in [0.3, 0.4) is 0 Å². The lowest BCUT2D eigenvalue weighted by atomic mass is 10.0. The molecule has 3 amide bonds. The zero-order valence-electron chi connectivity index (χ0n) is 19.7. The first-order valence-electron chi connectivity index (χ1n) is 11.5. The van der Waals surface area contributed by atoms with E-state index in [1.165, 1.54) is 4.90 Å². The molecule has 0 spiro atoms. The van der Waals surface area contributed by atoms with Gasteiger partial charge in [-0.1, -0.05) is 29.8 Å². The Morgan fingerprint density at radius 3 is 2.59 bits per heavy atom. The number of aryl methyl sites for hydroxylation is 1. The molecule has 186 valence electrons. The van der Waals surface area contributed by atoms with Crippen LogP contribution in [0.5, 0.6) is 0 Å². The summed E-state index contributed by atoms with van der Waals surface area (Å²) in [6, 6.07) is 16.2. The third kappa shape index (κ3) is 5.34. The number of hydrogen-bond acceptors (Lipinski definition) is 6. The van der Waals surface area contributed by atoms with Gasteiger partial charge in [-0.2, -0.15) is 0 Å². The van der Waals surface area contributed by atoms with E-state index in [-0.39, 0.29) is 36.6 Å². The minimum atomic E-state index is -0.814. The van der Waals surface area contributed by atoms with Crippen LogP contribution in [0.4, 0.5) is 11.6 Å². The van der Waals surface area contributed by atoms with E-state index in [9.17, 15) is 14.4 Å². The van der Waals surface area contributed by atoms with Crippen LogP contribution in [0.1, 0.15) is 37.8 Å². The van der Waals surface area contributed by atoms with Gasteiger partial charge in [0, 0.05) is 35.4 Å². The second-order valence-corrected chi connectivity index (χ2v) is 9.00. The number of aromatic nitrogens is 4. The van der Waals surface area contributed by atoms with Crippen LogP contribution in [0.25, 0.3) is 0 Å². The highest BCUT2D eigenvalue weighted by Gasteiger charge is 2.36. The van der Waals surface area contributed by atoms with E-state index >= 15 is 0 Å². The van der Waals surface area contributed by atoms with Crippen LogP contribution in [0.2, 0.25) is 5.02 Å². The second kappa shape index (κ2) is 10.2. The lowest BCUT2D eigenvalue weighted by Gasteiger charge is -2.28. The standard InChI is InChI=1S/C26H22ClN7O3/c1-15-29-26(33-32-15)31-23(35)17-7-5-16(6-8-17)14-34-22(13-19-4-2-3-11-28-19)24(36)30-21-12-18(27)9-10-20(21)25(34)37/h2-12,22H,13-14H2,1H3,(H,30,36)(H2,29,31,32,33,35). The van der Waals surface area contributed by atoms with Gasteiger partial charge < -0.3 is 15.2 Å². The van der Waals surface area contributed by atoms with Gasteiger partial charge in [0.2, 0.25) is 11.9 Å². The summed E-state index contributed by atoms with van der Waals surface area (Å²) in [4.78, 5) is 48.2. The highest BCUT2D eigenvalue weighted by molar-refractivity contribution is 6.31. The van der Waals surface area contributed by atoms with Gasteiger partial charge in [0.05, 0.1) is 11.3 Å². The summed E-state index contributed by atoms with van der Waals surface area (Å²) in [5, 5.41) is 13.6. The van der Waals surface area contributed by atoms with Gasteiger partial charge in [0.15, 0.2) is 0 Å². The monoisotopic (exact) mass is 515 g/mol. The summed E-state index contributed by atoms with van der Waals surface area (Å²) in [7, 11) is 0. The molecule has 1 aliphatic heterocycles. The molecule has 2 aromatic heterocycles. The Morgan fingerprint density at radius 2 is 1.89 bits per heavy atom. The summed E-state index contributed by atoms with van der Waals surface area (Å²) in [5.41, 5.74) is 2.55. The Bertz CT molecular complexity index is 1470. The first-order chi connectivity index (χ1) is 17.9. The van der Waals surface area contributed by atoms with E-state index in [0.717, 1.165) is 5.56 Å². The number of hydrogen-bond donors (Lipinski definition) is 3. The molecule has 11 heteroatoms. The minimum absolute atomic E-state index is 0.148. The number of benzene rings is 2. The van der Waals surface area contributed by atoms with Crippen molar-refractivity contribution in [1.82, 2.24) is 25.1 Å². The van der Waals surface area contributed by atoms with Crippen LogP contribution >= 0.6 is 11.6 Å². The molecule has 3 heterocycles. The van der Waals surface area contributed by atoms with Gasteiger partial charge in [0.25, 0.3) is 11.8 Å². The van der Waals surface area contributed by atoms with E-state index in [1.54, 1.807) is 61.7 Å². The van der Waals surface area contributed by atoms with Gasteiger partial charge in [-0.15, -0.1) is 10.2 Å². The fourth-order valence-corrected chi connectivity index (χ4v) is 4.27. The number of pyridine rings is 1. The maximum Gasteiger partial charge on any atom is 0.258 e. The predicted molar refractivity (Wildman–Crippen MR) is 137 cm³/mol. The predicted octanol–water partition coefficient (Wildman–Crippen LogP) is 3.62. The maximum absolute atomic E-state index is 13.7. The van der Waals surface area contributed by atoms with Crippen LogP contribution in [-0.4, -0.2) is 48.8 Å². The van der Waals surface area contributed by atoms with Crippen LogP contribution < -0.4 is 10.6 Å². The van der Waals surface area contributed by atoms with Crippen LogP contribution in [0.15, 0.2) is 66.9 Å². The van der Waals surface area contributed by atoms with Crippen molar-refractivity contribution < 1.29 is 14.4 Å². The first kappa shape index (κ1) is 24.1. The number of H-pyrrole nitrogens is 1.